The molecule has 1 aromatic rings. The Balaban J connectivity index is 0.000000531. The zero-order valence-electron chi connectivity index (χ0n) is 19.1. The molecule has 3 nitrogen and oxygen atoms in total. The summed E-state index contributed by atoms with van der Waals surface area (Å²) in [6, 6.07) is 10.6. The molecule has 0 N–H and O–H groups in total. The van der Waals surface area contributed by atoms with E-state index in [1.807, 2.05) is 62.3 Å². The normalized spacial score (nSPS) is 13.4. The van der Waals surface area contributed by atoms with Crippen LogP contribution in [-0.4, -0.2) is 16.8 Å². The Bertz CT molecular complexity index is 461. The van der Waals surface area contributed by atoms with Gasteiger partial charge in [-0.25, -0.2) is 0 Å². The van der Waals surface area contributed by atoms with E-state index in [-0.39, 0.29) is 16.8 Å². The van der Waals surface area contributed by atoms with Gasteiger partial charge in [-0.3, -0.25) is 0 Å². The molecule has 0 saturated heterocycles. The van der Waals surface area contributed by atoms with Crippen LogP contribution >= 0.6 is 8.60 Å². The SMILES string of the molecule is CC(C)(C)OP(OC(C)(C)C)OC(C)(C)C.CC(C)(C)c1ccccc1. The molecule has 0 saturated carbocycles. The maximum Gasteiger partial charge on any atom is 0.334 e. The summed E-state index contributed by atoms with van der Waals surface area (Å²) in [6.45, 7) is 24.7. The van der Waals surface area contributed by atoms with Crippen molar-refractivity contribution in [3.63, 3.8) is 0 Å². The van der Waals surface area contributed by atoms with E-state index in [9.17, 15) is 0 Å². The molecule has 4 heteroatoms. The highest BCUT2D eigenvalue weighted by Gasteiger charge is 2.30. The van der Waals surface area contributed by atoms with Gasteiger partial charge >= 0.3 is 8.60 Å². The van der Waals surface area contributed by atoms with E-state index in [1.165, 1.54) is 5.56 Å². The average Bonchev–Trinajstić information content (AvgIpc) is 2.33. The third kappa shape index (κ3) is 14.7. The summed E-state index contributed by atoms with van der Waals surface area (Å²) in [5, 5.41) is 0. The van der Waals surface area contributed by atoms with E-state index in [0.717, 1.165) is 0 Å². The van der Waals surface area contributed by atoms with Gasteiger partial charge in [-0.1, -0.05) is 51.1 Å². The maximum atomic E-state index is 5.81. The van der Waals surface area contributed by atoms with Gasteiger partial charge < -0.3 is 13.6 Å². The van der Waals surface area contributed by atoms with Crippen LogP contribution in [0.3, 0.4) is 0 Å². The predicted molar refractivity (Wildman–Crippen MR) is 115 cm³/mol. The second kappa shape index (κ2) is 9.64. The second-order valence-corrected chi connectivity index (χ2v) is 11.4. The van der Waals surface area contributed by atoms with Gasteiger partial charge in [0.25, 0.3) is 0 Å². The third-order valence-corrected chi connectivity index (χ3v) is 4.78. The highest BCUT2D eigenvalue weighted by atomic mass is 31.2. The zero-order valence-corrected chi connectivity index (χ0v) is 20.0. The van der Waals surface area contributed by atoms with Crippen molar-refractivity contribution in [2.75, 3.05) is 0 Å². The minimum atomic E-state index is -1.32. The lowest BCUT2D eigenvalue weighted by Gasteiger charge is -2.33. The molecule has 0 spiro atoms. The molecule has 0 atom stereocenters. The molecule has 0 unspecified atom stereocenters. The predicted octanol–water partition coefficient (Wildman–Crippen LogP) is 7.64. The molecule has 0 aliphatic carbocycles. The van der Waals surface area contributed by atoms with Crippen molar-refractivity contribution >= 4 is 8.60 Å². The smallest absolute Gasteiger partial charge is 0.306 e. The van der Waals surface area contributed by atoms with Crippen LogP contribution in [0.1, 0.15) is 88.6 Å². The molecule has 0 heterocycles. The molecular weight excluding hydrogens is 343 g/mol. The van der Waals surface area contributed by atoms with Crippen molar-refractivity contribution in [2.45, 2.75) is 105 Å². The summed E-state index contributed by atoms with van der Waals surface area (Å²) in [5.41, 5.74) is 0.906. The van der Waals surface area contributed by atoms with Crippen molar-refractivity contribution in [1.82, 2.24) is 0 Å². The van der Waals surface area contributed by atoms with E-state index in [2.05, 4.69) is 51.1 Å². The van der Waals surface area contributed by atoms with Crippen molar-refractivity contribution in [3.05, 3.63) is 35.9 Å². The van der Waals surface area contributed by atoms with Crippen molar-refractivity contribution in [1.29, 1.82) is 0 Å². The Morgan fingerprint density at radius 1 is 0.538 bits per heavy atom. The molecule has 0 amide bonds. The van der Waals surface area contributed by atoms with Crippen LogP contribution in [-0.2, 0) is 19.0 Å². The van der Waals surface area contributed by atoms with Gasteiger partial charge in [-0.05, 0) is 73.3 Å². The molecule has 0 aromatic heterocycles. The monoisotopic (exact) mass is 384 g/mol. The van der Waals surface area contributed by atoms with Gasteiger partial charge in [-0.2, -0.15) is 0 Å². The summed E-state index contributed by atoms with van der Waals surface area (Å²) in [6.07, 6.45) is 0. The fourth-order valence-corrected chi connectivity index (χ4v) is 3.12. The van der Waals surface area contributed by atoms with E-state index in [1.54, 1.807) is 0 Å². The molecule has 0 aliphatic heterocycles. The summed E-state index contributed by atoms with van der Waals surface area (Å²) < 4.78 is 17.4. The van der Waals surface area contributed by atoms with Crippen LogP contribution in [0.15, 0.2) is 30.3 Å². The summed E-state index contributed by atoms with van der Waals surface area (Å²) in [5.74, 6) is 0. The number of hydrogen-bond acceptors (Lipinski definition) is 3. The quantitative estimate of drug-likeness (QED) is 0.501. The molecule has 0 radical (unpaired) electrons. The van der Waals surface area contributed by atoms with Crippen molar-refractivity contribution in [2.24, 2.45) is 0 Å². The van der Waals surface area contributed by atoms with E-state index >= 15 is 0 Å². The van der Waals surface area contributed by atoms with Gasteiger partial charge in [-0.15, -0.1) is 0 Å². The first-order chi connectivity index (χ1) is 11.4. The Kier molecular flexibility index (Phi) is 9.47. The highest BCUT2D eigenvalue weighted by molar-refractivity contribution is 7.41. The molecule has 1 rings (SSSR count). The van der Waals surface area contributed by atoms with Crippen LogP contribution in [0.2, 0.25) is 0 Å². The first kappa shape index (κ1) is 25.5. The fraction of sp³-hybridized carbons (Fsp3) is 0.727. The van der Waals surface area contributed by atoms with Gasteiger partial charge in [0, 0.05) is 0 Å². The number of rotatable bonds is 3. The van der Waals surface area contributed by atoms with Crippen molar-refractivity contribution in [3.8, 4) is 0 Å². The lowest BCUT2D eigenvalue weighted by atomic mass is 9.87. The van der Waals surface area contributed by atoms with Crippen LogP contribution in [0.5, 0.6) is 0 Å². The molecule has 1 aromatic carbocycles. The fourth-order valence-electron chi connectivity index (χ4n) is 1.66. The second-order valence-electron chi connectivity index (χ2n) is 10.5. The maximum absolute atomic E-state index is 5.81. The third-order valence-electron chi connectivity index (χ3n) is 2.69. The molecule has 26 heavy (non-hydrogen) atoms. The minimum Gasteiger partial charge on any atom is -0.306 e. The first-order valence-electron chi connectivity index (χ1n) is 9.32. The van der Waals surface area contributed by atoms with Crippen LogP contribution in [0.25, 0.3) is 0 Å². The standard InChI is InChI=1S/C12H27O3P.C10H14/c1-10(2,3)13-16(14-11(4,5)6)15-12(7,8)9;1-10(2,3)9-7-5-4-6-8-9/h1-9H3;4-8H,1-3H3. The van der Waals surface area contributed by atoms with Gasteiger partial charge in [0.15, 0.2) is 0 Å². The average molecular weight is 385 g/mol. The van der Waals surface area contributed by atoms with Crippen LogP contribution in [0.4, 0.5) is 0 Å². The Morgan fingerprint density at radius 2 is 0.846 bits per heavy atom. The first-order valence-corrected chi connectivity index (χ1v) is 10.4. The minimum absolute atomic E-state index is 0.262. The Morgan fingerprint density at radius 3 is 1.04 bits per heavy atom. The van der Waals surface area contributed by atoms with Gasteiger partial charge in [0.2, 0.25) is 0 Å². The summed E-state index contributed by atoms with van der Waals surface area (Å²) in [7, 11) is -1.32. The largest absolute Gasteiger partial charge is 0.334 e. The van der Waals surface area contributed by atoms with Crippen molar-refractivity contribution < 1.29 is 13.6 Å². The highest BCUT2D eigenvalue weighted by Crippen LogP contribution is 2.49. The molecular formula is C22H41O3P. The van der Waals surface area contributed by atoms with E-state index in [4.69, 9.17) is 13.6 Å². The summed E-state index contributed by atoms with van der Waals surface area (Å²) in [4.78, 5) is 0. The topological polar surface area (TPSA) is 27.7 Å². The lowest BCUT2D eigenvalue weighted by Crippen LogP contribution is -2.26. The Hall–Kier alpha value is -0.470. The van der Waals surface area contributed by atoms with Gasteiger partial charge in [0.05, 0.1) is 16.8 Å². The summed E-state index contributed by atoms with van der Waals surface area (Å²) >= 11 is 0. The molecule has 0 aliphatic rings. The Labute approximate surface area is 163 Å². The lowest BCUT2D eigenvalue weighted by molar-refractivity contribution is 0.00196. The van der Waals surface area contributed by atoms with Crippen LogP contribution in [0, 0.1) is 0 Å². The van der Waals surface area contributed by atoms with Gasteiger partial charge in [0.1, 0.15) is 0 Å². The number of benzene rings is 1. The molecule has 0 bridgehead atoms. The number of hydrogen-bond donors (Lipinski definition) is 0. The van der Waals surface area contributed by atoms with E-state index < -0.39 is 8.60 Å². The van der Waals surface area contributed by atoms with Crippen LogP contribution < -0.4 is 0 Å². The molecule has 152 valence electrons. The van der Waals surface area contributed by atoms with E-state index in [0.29, 0.717) is 5.41 Å². The molecule has 0 fully saturated rings. The zero-order chi connectivity index (χ0) is 20.8.